The van der Waals surface area contributed by atoms with Gasteiger partial charge in [0.2, 0.25) is 0 Å². The van der Waals surface area contributed by atoms with Crippen molar-refractivity contribution in [2.24, 2.45) is 0 Å². The fraction of sp³-hybridized carbons (Fsp3) is 0.500. The van der Waals surface area contributed by atoms with Crippen molar-refractivity contribution in [1.29, 1.82) is 0 Å². The van der Waals surface area contributed by atoms with Gasteiger partial charge in [0.05, 0.1) is 17.9 Å². The number of carboxylic acid groups (broad SMARTS) is 1. The lowest BCUT2D eigenvalue weighted by molar-refractivity contribution is 0.0105. The van der Waals surface area contributed by atoms with E-state index < -0.39 is 11.6 Å². The molecule has 2 heterocycles. The van der Waals surface area contributed by atoms with E-state index in [1.54, 1.807) is 11.0 Å². The van der Waals surface area contributed by atoms with E-state index in [9.17, 15) is 9.59 Å². The summed E-state index contributed by atoms with van der Waals surface area (Å²) in [5.41, 5.74) is 0.241. The van der Waals surface area contributed by atoms with Crippen LogP contribution in [0.1, 0.15) is 31.3 Å². The van der Waals surface area contributed by atoms with Gasteiger partial charge in [-0.25, -0.2) is 14.6 Å². The Bertz CT molecular complexity index is 530. The Labute approximate surface area is 122 Å². The van der Waals surface area contributed by atoms with E-state index in [0.717, 1.165) is 5.69 Å². The molecule has 0 unspecified atom stereocenters. The molecule has 0 saturated carbocycles. The van der Waals surface area contributed by atoms with E-state index in [-0.39, 0.29) is 17.8 Å². The topological polar surface area (TPSA) is 91.8 Å². The first-order valence-electron chi connectivity index (χ1n) is 6.68. The maximum Gasteiger partial charge on any atom is 0.410 e. The predicted octanol–water partition coefficient (Wildman–Crippen LogP) is 1.81. The molecule has 1 fully saturated rings. The van der Waals surface area contributed by atoms with Gasteiger partial charge in [-0.15, -0.1) is 0 Å². The number of aromatic carboxylic acids is 1. The molecule has 0 aromatic carbocycles. The van der Waals surface area contributed by atoms with Crippen molar-refractivity contribution in [2.45, 2.75) is 32.4 Å². The molecule has 7 heteroatoms. The Morgan fingerprint density at radius 1 is 1.38 bits per heavy atom. The van der Waals surface area contributed by atoms with Crippen LogP contribution in [0.2, 0.25) is 0 Å². The fourth-order valence-electron chi connectivity index (χ4n) is 1.89. The number of carbonyl (C=O) groups is 2. The zero-order valence-corrected chi connectivity index (χ0v) is 12.3. The highest BCUT2D eigenvalue weighted by atomic mass is 16.6. The maximum atomic E-state index is 11.8. The third-order valence-corrected chi connectivity index (χ3v) is 2.89. The minimum atomic E-state index is -1.05. The number of nitrogens with one attached hydrogen (secondary N) is 1. The van der Waals surface area contributed by atoms with Crippen LogP contribution in [0.3, 0.4) is 0 Å². The number of pyridine rings is 1. The van der Waals surface area contributed by atoms with Crippen LogP contribution in [0.25, 0.3) is 0 Å². The van der Waals surface area contributed by atoms with E-state index in [1.165, 1.54) is 12.3 Å². The summed E-state index contributed by atoms with van der Waals surface area (Å²) in [6.45, 7) is 6.59. The molecule has 1 amide bonds. The SMILES string of the molecule is CC(C)(C)OC(=O)N1CC(Nc2ccc(C(=O)O)nc2)C1. The first kappa shape index (κ1) is 15.1. The number of anilines is 1. The van der Waals surface area contributed by atoms with E-state index in [2.05, 4.69) is 10.3 Å². The predicted molar refractivity (Wildman–Crippen MR) is 76.4 cm³/mol. The first-order valence-corrected chi connectivity index (χ1v) is 6.68. The zero-order chi connectivity index (χ0) is 15.6. The first-order chi connectivity index (χ1) is 9.74. The number of carbonyl (C=O) groups excluding carboxylic acids is 1. The maximum absolute atomic E-state index is 11.8. The minimum absolute atomic E-state index is 0.00420. The number of nitrogens with zero attached hydrogens (tertiary/aromatic N) is 2. The van der Waals surface area contributed by atoms with Crippen LogP contribution in [0.4, 0.5) is 10.5 Å². The van der Waals surface area contributed by atoms with E-state index in [4.69, 9.17) is 9.84 Å². The van der Waals surface area contributed by atoms with E-state index in [0.29, 0.717) is 13.1 Å². The molecule has 1 saturated heterocycles. The molecule has 1 aliphatic heterocycles. The highest BCUT2D eigenvalue weighted by Crippen LogP contribution is 2.18. The average Bonchev–Trinajstić information content (AvgIpc) is 2.31. The van der Waals surface area contributed by atoms with Gasteiger partial charge in [0.1, 0.15) is 11.3 Å². The lowest BCUT2D eigenvalue weighted by atomic mass is 10.1. The normalized spacial score (nSPS) is 15.3. The van der Waals surface area contributed by atoms with Gasteiger partial charge in [0.15, 0.2) is 0 Å². The Balaban J connectivity index is 1.80. The summed E-state index contributed by atoms with van der Waals surface area (Å²) in [4.78, 5) is 27.9. The monoisotopic (exact) mass is 293 g/mol. The van der Waals surface area contributed by atoms with Gasteiger partial charge in [-0.3, -0.25) is 0 Å². The van der Waals surface area contributed by atoms with Crippen molar-refractivity contribution < 1.29 is 19.4 Å². The smallest absolute Gasteiger partial charge is 0.410 e. The fourth-order valence-corrected chi connectivity index (χ4v) is 1.89. The third kappa shape index (κ3) is 4.08. The molecule has 1 aromatic rings. The Hall–Kier alpha value is -2.31. The number of amides is 1. The summed E-state index contributed by atoms with van der Waals surface area (Å²) in [6.07, 6.45) is 1.15. The van der Waals surface area contributed by atoms with Crippen molar-refractivity contribution in [3.8, 4) is 0 Å². The van der Waals surface area contributed by atoms with Crippen molar-refractivity contribution in [3.05, 3.63) is 24.0 Å². The van der Waals surface area contributed by atoms with E-state index >= 15 is 0 Å². The largest absolute Gasteiger partial charge is 0.477 e. The second-order valence-corrected chi connectivity index (χ2v) is 5.96. The number of ether oxygens (including phenoxy) is 1. The van der Waals surface area contributed by atoms with Gasteiger partial charge in [-0.05, 0) is 32.9 Å². The van der Waals surface area contributed by atoms with Gasteiger partial charge in [-0.1, -0.05) is 0 Å². The summed E-state index contributed by atoms with van der Waals surface area (Å²) < 4.78 is 5.26. The van der Waals surface area contributed by atoms with Gasteiger partial charge >= 0.3 is 12.1 Å². The summed E-state index contributed by atoms with van der Waals surface area (Å²) in [5.74, 6) is -1.05. The molecule has 7 nitrogen and oxygen atoms in total. The van der Waals surface area contributed by atoms with Gasteiger partial charge < -0.3 is 20.1 Å². The molecule has 21 heavy (non-hydrogen) atoms. The number of hydrogen-bond donors (Lipinski definition) is 2. The Morgan fingerprint density at radius 2 is 2.05 bits per heavy atom. The molecule has 0 radical (unpaired) electrons. The molecule has 2 N–H and O–H groups in total. The van der Waals surface area contributed by atoms with Crippen LogP contribution in [0.15, 0.2) is 18.3 Å². The zero-order valence-electron chi connectivity index (χ0n) is 12.3. The summed E-state index contributed by atoms with van der Waals surface area (Å²) in [7, 11) is 0. The minimum Gasteiger partial charge on any atom is -0.477 e. The number of rotatable bonds is 3. The molecule has 0 atom stereocenters. The quantitative estimate of drug-likeness (QED) is 0.883. The number of hydrogen-bond acceptors (Lipinski definition) is 5. The number of carboxylic acids is 1. The van der Waals surface area contributed by atoms with Crippen LogP contribution in [0, 0.1) is 0 Å². The molecule has 2 rings (SSSR count). The number of aromatic nitrogens is 1. The molecular formula is C14H19N3O4. The molecule has 114 valence electrons. The van der Waals surface area contributed by atoms with Gasteiger partial charge in [-0.2, -0.15) is 0 Å². The number of likely N-dealkylation sites (tertiary alicyclic amines) is 1. The molecule has 1 aliphatic rings. The van der Waals surface area contributed by atoms with Crippen LogP contribution >= 0.6 is 0 Å². The third-order valence-electron chi connectivity index (χ3n) is 2.89. The summed E-state index contributed by atoms with van der Waals surface area (Å²) in [5, 5.41) is 11.9. The highest BCUT2D eigenvalue weighted by molar-refractivity contribution is 5.85. The molecular weight excluding hydrogens is 274 g/mol. The van der Waals surface area contributed by atoms with Crippen molar-refractivity contribution in [3.63, 3.8) is 0 Å². The van der Waals surface area contributed by atoms with Crippen molar-refractivity contribution in [2.75, 3.05) is 18.4 Å². The van der Waals surface area contributed by atoms with E-state index in [1.807, 2.05) is 20.8 Å². The van der Waals surface area contributed by atoms with Crippen LogP contribution in [-0.4, -0.2) is 51.8 Å². The second kappa shape index (κ2) is 5.59. The Kier molecular flexibility index (Phi) is 4.02. The standard InChI is InChI=1S/C14H19N3O4/c1-14(2,3)21-13(20)17-7-10(8-17)16-9-4-5-11(12(18)19)15-6-9/h4-6,10,16H,7-8H2,1-3H3,(H,18,19). The molecule has 0 aliphatic carbocycles. The highest BCUT2D eigenvalue weighted by Gasteiger charge is 2.33. The lowest BCUT2D eigenvalue weighted by Gasteiger charge is -2.40. The van der Waals surface area contributed by atoms with Crippen molar-refractivity contribution >= 4 is 17.7 Å². The molecule has 0 bridgehead atoms. The second-order valence-electron chi connectivity index (χ2n) is 5.96. The summed E-state index contributed by atoms with van der Waals surface area (Å²) in [6, 6.07) is 3.22. The van der Waals surface area contributed by atoms with Gasteiger partial charge in [0, 0.05) is 13.1 Å². The average molecular weight is 293 g/mol. The van der Waals surface area contributed by atoms with Crippen LogP contribution < -0.4 is 5.32 Å². The van der Waals surface area contributed by atoms with Gasteiger partial charge in [0.25, 0.3) is 0 Å². The van der Waals surface area contributed by atoms with Crippen LogP contribution in [0.5, 0.6) is 0 Å². The molecule has 0 spiro atoms. The van der Waals surface area contributed by atoms with Crippen molar-refractivity contribution in [1.82, 2.24) is 9.88 Å². The van der Waals surface area contributed by atoms with Crippen LogP contribution in [-0.2, 0) is 4.74 Å². The molecule has 1 aromatic heterocycles. The lowest BCUT2D eigenvalue weighted by Crippen LogP contribution is -2.57. The summed E-state index contributed by atoms with van der Waals surface area (Å²) >= 11 is 0. The Morgan fingerprint density at radius 3 is 2.52 bits per heavy atom.